The molecule has 3 aromatic heterocycles. The minimum atomic E-state index is 0.549. The summed E-state index contributed by atoms with van der Waals surface area (Å²) in [5, 5.41) is 0. The Morgan fingerprint density at radius 2 is 0.574 bits per heavy atom. The first-order valence-electron chi connectivity index (χ1n) is 17.8. The lowest BCUT2D eigenvalue weighted by Crippen LogP contribution is -2.02. The monoisotopic (exact) mass is 692 g/mol. The Balaban J connectivity index is 1.33. The summed E-state index contributed by atoms with van der Waals surface area (Å²) in [5.74, 6) is 1.74. The van der Waals surface area contributed by atoms with E-state index in [9.17, 15) is 0 Å². The van der Waals surface area contributed by atoms with Crippen LogP contribution >= 0.6 is 0 Å². The van der Waals surface area contributed by atoms with Crippen LogP contribution in [0.4, 0.5) is 0 Å². The zero-order chi connectivity index (χ0) is 36.1. The summed E-state index contributed by atoms with van der Waals surface area (Å²) >= 11 is 0. The van der Waals surface area contributed by atoms with Crippen molar-refractivity contribution in [2.24, 2.45) is 0 Å². The third-order valence-corrected chi connectivity index (χ3v) is 9.20. The molecule has 54 heavy (non-hydrogen) atoms. The molecule has 0 amide bonds. The molecule has 0 bridgehead atoms. The summed E-state index contributed by atoms with van der Waals surface area (Å²) < 4.78 is 0. The molecule has 0 aliphatic carbocycles. The Kier molecular flexibility index (Phi) is 8.81. The average molecular weight is 693 g/mol. The normalized spacial score (nSPS) is 11.0. The standard InChI is InChI=1S/C48H32N6/c1-6-17-33(18-7-1)42-43(34-19-8-2-9-20-34)51-45(44(50-42)35-21-10-3-11-22-35)40-29-39(38-27-16-28-49-32-38)30-41(31-40)48-53-46(36-23-12-4-13-24-36)52-47(54-48)37-25-14-5-15-26-37/h1-32H. The second-order valence-corrected chi connectivity index (χ2v) is 12.8. The zero-order valence-corrected chi connectivity index (χ0v) is 29.2. The lowest BCUT2D eigenvalue weighted by molar-refractivity contribution is 1.07. The maximum Gasteiger partial charge on any atom is 0.164 e. The Bertz CT molecular complexity index is 2610. The van der Waals surface area contributed by atoms with Gasteiger partial charge in [0, 0.05) is 56.9 Å². The summed E-state index contributed by atoms with van der Waals surface area (Å²) in [7, 11) is 0. The molecule has 6 aromatic carbocycles. The van der Waals surface area contributed by atoms with Crippen molar-refractivity contribution in [3.8, 4) is 90.3 Å². The van der Waals surface area contributed by atoms with Gasteiger partial charge in [-0.1, -0.05) is 158 Å². The third kappa shape index (κ3) is 6.67. The number of hydrogen-bond acceptors (Lipinski definition) is 6. The van der Waals surface area contributed by atoms with Gasteiger partial charge in [0.15, 0.2) is 17.5 Å². The molecular formula is C48H32N6. The van der Waals surface area contributed by atoms with Crippen LogP contribution in [0.25, 0.3) is 90.3 Å². The summed E-state index contributed by atoms with van der Waals surface area (Å²) in [6, 6.07) is 61.2. The maximum absolute atomic E-state index is 5.53. The number of pyridine rings is 1. The van der Waals surface area contributed by atoms with Gasteiger partial charge in [0.2, 0.25) is 0 Å². The van der Waals surface area contributed by atoms with Gasteiger partial charge in [-0.25, -0.2) is 24.9 Å². The van der Waals surface area contributed by atoms with Crippen molar-refractivity contribution < 1.29 is 0 Å². The number of aromatic nitrogens is 6. The van der Waals surface area contributed by atoms with Crippen LogP contribution in [0.2, 0.25) is 0 Å². The molecule has 254 valence electrons. The molecule has 9 rings (SSSR count). The fourth-order valence-electron chi connectivity index (χ4n) is 6.56. The maximum atomic E-state index is 5.53. The van der Waals surface area contributed by atoms with Gasteiger partial charge in [0.1, 0.15) is 0 Å². The highest BCUT2D eigenvalue weighted by Gasteiger charge is 2.21. The summed E-state index contributed by atoms with van der Waals surface area (Å²) in [6.45, 7) is 0. The van der Waals surface area contributed by atoms with E-state index < -0.39 is 0 Å². The van der Waals surface area contributed by atoms with Gasteiger partial charge in [-0.2, -0.15) is 0 Å². The first-order valence-corrected chi connectivity index (χ1v) is 17.8. The van der Waals surface area contributed by atoms with Crippen molar-refractivity contribution in [1.82, 2.24) is 29.9 Å². The van der Waals surface area contributed by atoms with Crippen LogP contribution in [0.15, 0.2) is 194 Å². The van der Waals surface area contributed by atoms with Crippen LogP contribution in [0, 0.1) is 0 Å². The Labute approximate surface area is 313 Å². The van der Waals surface area contributed by atoms with E-state index in [0.29, 0.717) is 17.5 Å². The SMILES string of the molecule is c1ccc(-c2nc(-c3ccccc3)nc(-c3cc(-c4cccnc4)cc(-c4nc(-c5ccccc5)c(-c5ccccc5)nc4-c4ccccc4)c3)n2)cc1. The van der Waals surface area contributed by atoms with E-state index in [0.717, 1.165) is 72.8 Å². The largest absolute Gasteiger partial charge is 0.264 e. The lowest BCUT2D eigenvalue weighted by atomic mass is 9.95. The summed E-state index contributed by atoms with van der Waals surface area (Å²) in [5.41, 5.74) is 11.5. The molecule has 0 N–H and O–H groups in total. The zero-order valence-electron chi connectivity index (χ0n) is 29.2. The Morgan fingerprint density at radius 3 is 0.981 bits per heavy atom. The molecule has 0 saturated carbocycles. The first kappa shape index (κ1) is 32.5. The van der Waals surface area contributed by atoms with Gasteiger partial charge in [-0.3, -0.25) is 4.98 Å². The number of rotatable bonds is 8. The number of nitrogens with zero attached hydrogens (tertiary/aromatic N) is 6. The molecular weight excluding hydrogens is 661 g/mol. The fraction of sp³-hybridized carbons (Fsp3) is 0. The quantitative estimate of drug-likeness (QED) is 0.158. The summed E-state index contributed by atoms with van der Waals surface area (Å²) in [6.07, 6.45) is 3.66. The molecule has 0 saturated heterocycles. The Morgan fingerprint density at radius 1 is 0.241 bits per heavy atom. The van der Waals surface area contributed by atoms with E-state index >= 15 is 0 Å². The van der Waals surface area contributed by atoms with Gasteiger partial charge in [0.05, 0.1) is 22.8 Å². The Hall–Kier alpha value is -7.44. The number of hydrogen-bond donors (Lipinski definition) is 0. The van der Waals surface area contributed by atoms with E-state index in [-0.39, 0.29) is 0 Å². The van der Waals surface area contributed by atoms with Crippen molar-refractivity contribution in [2.75, 3.05) is 0 Å². The van der Waals surface area contributed by atoms with Crippen molar-refractivity contribution in [2.45, 2.75) is 0 Å². The molecule has 0 unspecified atom stereocenters. The fourth-order valence-corrected chi connectivity index (χ4v) is 6.56. The topological polar surface area (TPSA) is 77.3 Å². The molecule has 9 aromatic rings. The van der Waals surface area contributed by atoms with Gasteiger partial charge in [0.25, 0.3) is 0 Å². The van der Waals surface area contributed by atoms with Crippen LogP contribution in [0.3, 0.4) is 0 Å². The molecule has 0 aliphatic heterocycles. The van der Waals surface area contributed by atoms with E-state index in [1.165, 1.54) is 0 Å². The van der Waals surface area contributed by atoms with Crippen molar-refractivity contribution in [3.63, 3.8) is 0 Å². The molecule has 0 atom stereocenters. The molecule has 3 heterocycles. The predicted molar refractivity (Wildman–Crippen MR) is 217 cm³/mol. The van der Waals surface area contributed by atoms with Crippen LogP contribution in [-0.4, -0.2) is 29.9 Å². The van der Waals surface area contributed by atoms with Gasteiger partial charge < -0.3 is 0 Å². The van der Waals surface area contributed by atoms with Crippen LogP contribution in [0.5, 0.6) is 0 Å². The highest BCUT2D eigenvalue weighted by molar-refractivity contribution is 5.89. The lowest BCUT2D eigenvalue weighted by Gasteiger charge is -2.17. The van der Waals surface area contributed by atoms with E-state index in [2.05, 4.69) is 65.6 Å². The third-order valence-electron chi connectivity index (χ3n) is 9.20. The van der Waals surface area contributed by atoms with Gasteiger partial charge in [-0.15, -0.1) is 0 Å². The van der Waals surface area contributed by atoms with E-state index in [4.69, 9.17) is 24.9 Å². The van der Waals surface area contributed by atoms with Crippen molar-refractivity contribution in [3.05, 3.63) is 194 Å². The van der Waals surface area contributed by atoms with E-state index in [1.54, 1.807) is 6.20 Å². The van der Waals surface area contributed by atoms with Crippen molar-refractivity contribution >= 4 is 0 Å². The highest BCUT2D eigenvalue weighted by atomic mass is 15.0. The van der Waals surface area contributed by atoms with Crippen molar-refractivity contribution in [1.29, 1.82) is 0 Å². The predicted octanol–water partition coefficient (Wildman–Crippen LogP) is 11.4. The van der Waals surface area contributed by atoms with E-state index in [1.807, 2.05) is 128 Å². The molecule has 0 fully saturated rings. The van der Waals surface area contributed by atoms with Gasteiger partial charge >= 0.3 is 0 Å². The molecule has 0 aliphatic rings. The first-order chi connectivity index (χ1) is 26.8. The number of benzene rings is 6. The molecule has 0 radical (unpaired) electrons. The van der Waals surface area contributed by atoms with Crippen LogP contribution in [0.1, 0.15) is 0 Å². The summed E-state index contributed by atoms with van der Waals surface area (Å²) in [4.78, 5) is 30.6. The molecule has 6 nitrogen and oxygen atoms in total. The minimum Gasteiger partial charge on any atom is -0.264 e. The average Bonchev–Trinajstić information content (AvgIpc) is 3.27. The van der Waals surface area contributed by atoms with Gasteiger partial charge in [-0.05, 0) is 29.8 Å². The second kappa shape index (κ2) is 14.7. The van der Waals surface area contributed by atoms with Crippen LogP contribution < -0.4 is 0 Å². The second-order valence-electron chi connectivity index (χ2n) is 12.8. The minimum absolute atomic E-state index is 0.549. The highest BCUT2D eigenvalue weighted by Crippen LogP contribution is 2.40. The smallest absolute Gasteiger partial charge is 0.164 e. The molecule has 6 heteroatoms. The molecule has 0 spiro atoms. The van der Waals surface area contributed by atoms with Crippen LogP contribution in [-0.2, 0) is 0 Å².